The van der Waals surface area contributed by atoms with Gasteiger partial charge in [0, 0.05) is 0 Å². The maximum Gasteiger partial charge on any atom is -0.0113 e. The minimum absolute atomic E-state index is 0.370. The van der Waals surface area contributed by atoms with Gasteiger partial charge in [-0.05, 0) is 23.3 Å². The van der Waals surface area contributed by atoms with Crippen molar-refractivity contribution in [3.05, 3.63) is 35.9 Å². The van der Waals surface area contributed by atoms with Crippen molar-refractivity contribution in [3.8, 4) is 0 Å². The largest absolute Gasteiger partial charge is 0.0654 e. The lowest BCUT2D eigenvalue weighted by Gasteiger charge is -2.31. The fourth-order valence-corrected chi connectivity index (χ4v) is 2.38. The lowest BCUT2D eigenvalue weighted by molar-refractivity contribution is 0.298. The molecule has 1 atom stereocenters. The van der Waals surface area contributed by atoms with Gasteiger partial charge in [0.25, 0.3) is 0 Å². The zero-order chi connectivity index (χ0) is 12.0. The van der Waals surface area contributed by atoms with Gasteiger partial charge in [0.15, 0.2) is 0 Å². The quantitative estimate of drug-likeness (QED) is 0.581. The van der Waals surface area contributed by atoms with Crippen molar-refractivity contribution < 1.29 is 0 Å². The van der Waals surface area contributed by atoms with Gasteiger partial charge in [-0.1, -0.05) is 77.3 Å². The number of rotatable bonds is 5. The molecule has 16 heavy (non-hydrogen) atoms. The summed E-state index contributed by atoms with van der Waals surface area (Å²) in [5.41, 5.74) is 1.88. The number of hydrogen-bond acceptors (Lipinski definition) is 0. The molecule has 0 aliphatic rings. The highest BCUT2D eigenvalue weighted by Crippen LogP contribution is 2.38. The highest BCUT2D eigenvalue weighted by atomic mass is 14.3. The fraction of sp³-hybridized carbons (Fsp3) is 0.625. The van der Waals surface area contributed by atoms with Gasteiger partial charge in [-0.3, -0.25) is 0 Å². The molecule has 0 nitrogen and oxygen atoms in total. The molecule has 0 heteroatoms. The van der Waals surface area contributed by atoms with Crippen molar-refractivity contribution in [2.24, 2.45) is 5.41 Å². The van der Waals surface area contributed by atoms with E-state index in [4.69, 9.17) is 0 Å². The van der Waals surface area contributed by atoms with Gasteiger partial charge in [-0.15, -0.1) is 0 Å². The zero-order valence-corrected chi connectivity index (χ0v) is 11.3. The summed E-state index contributed by atoms with van der Waals surface area (Å²) in [6.07, 6.45) is 5.35. The normalized spacial score (nSPS) is 13.8. The molecule has 0 fully saturated rings. The molecule has 1 aromatic rings. The highest BCUT2D eigenvalue weighted by molar-refractivity contribution is 5.21. The molecule has 0 spiro atoms. The van der Waals surface area contributed by atoms with E-state index in [1.165, 1.54) is 31.2 Å². The smallest absolute Gasteiger partial charge is 0.0113 e. The molecule has 0 saturated heterocycles. The van der Waals surface area contributed by atoms with E-state index in [1.54, 1.807) is 0 Å². The molecule has 0 amide bonds. The van der Waals surface area contributed by atoms with Gasteiger partial charge in [-0.25, -0.2) is 0 Å². The molecule has 0 heterocycles. The summed E-state index contributed by atoms with van der Waals surface area (Å²) in [6.45, 7) is 9.35. The van der Waals surface area contributed by atoms with Crippen molar-refractivity contribution in [2.45, 2.75) is 59.3 Å². The van der Waals surface area contributed by atoms with Crippen molar-refractivity contribution >= 4 is 0 Å². The first-order valence-electron chi connectivity index (χ1n) is 6.60. The predicted octanol–water partition coefficient (Wildman–Crippen LogP) is 5.40. The summed E-state index contributed by atoms with van der Waals surface area (Å²) < 4.78 is 0. The third-order valence-electron chi connectivity index (χ3n) is 3.34. The molecule has 90 valence electrons. The van der Waals surface area contributed by atoms with Gasteiger partial charge in [0.1, 0.15) is 0 Å². The second-order valence-corrected chi connectivity index (χ2v) is 5.83. The monoisotopic (exact) mass is 218 g/mol. The minimum Gasteiger partial charge on any atom is -0.0654 e. The molecule has 1 rings (SSSR count). The Labute approximate surface area is 101 Å². The van der Waals surface area contributed by atoms with E-state index in [2.05, 4.69) is 58.0 Å². The van der Waals surface area contributed by atoms with Gasteiger partial charge in [-0.2, -0.15) is 0 Å². The van der Waals surface area contributed by atoms with Crippen molar-refractivity contribution in [2.75, 3.05) is 0 Å². The molecule has 1 aromatic carbocycles. The van der Waals surface area contributed by atoms with E-state index in [9.17, 15) is 0 Å². The summed E-state index contributed by atoms with van der Waals surface area (Å²) in [5, 5.41) is 0. The first-order valence-corrected chi connectivity index (χ1v) is 6.60. The zero-order valence-electron chi connectivity index (χ0n) is 11.3. The van der Waals surface area contributed by atoms with Crippen LogP contribution >= 0.6 is 0 Å². The van der Waals surface area contributed by atoms with Crippen LogP contribution in [0.2, 0.25) is 0 Å². The molecular formula is C16H26. The fourth-order valence-electron chi connectivity index (χ4n) is 2.38. The van der Waals surface area contributed by atoms with E-state index in [0.29, 0.717) is 11.3 Å². The highest BCUT2D eigenvalue weighted by Gasteiger charge is 2.25. The lowest BCUT2D eigenvalue weighted by Crippen LogP contribution is -2.18. The topological polar surface area (TPSA) is 0 Å². The maximum absolute atomic E-state index is 2.36. The molecule has 0 radical (unpaired) electrons. The van der Waals surface area contributed by atoms with E-state index in [1.807, 2.05) is 0 Å². The standard InChI is InChI=1S/C16H26/c1-5-6-8-13-15(16(2,3)4)14-11-9-7-10-12-14/h7,9-12,15H,5-6,8,13H2,1-4H3. The van der Waals surface area contributed by atoms with E-state index >= 15 is 0 Å². The Balaban J connectivity index is 2.73. The van der Waals surface area contributed by atoms with Crippen LogP contribution < -0.4 is 0 Å². The summed E-state index contributed by atoms with van der Waals surface area (Å²) in [4.78, 5) is 0. The van der Waals surface area contributed by atoms with Crippen LogP contribution in [-0.4, -0.2) is 0 Å². The van der Waals surface area contributed by atoms with Gasteiger partial charge in [0.05, 0.1) is 0 Å². The van der Waals surface area contributed by atoms with Gasteiger partial charge >= 0.3 is 0 Å². The third-order valence-corrected chi connectivity index (χ3v) is 3.34. The summed E-state index contributed by atoms with van der Waals surface area (Å²) in [7, 11) is 0. The van der Waals surface area contributed by atoms with E-state index in [-0.39, 0.29) is 0 Å². The van der Waals surface area contributed by atoms with Crippen LogP contribution in [0.3, 0.4) is 0 Å². The second kappa shape index (κ2) is 6.08. The van der Waals surface area contributed by atoms with Crippen molar-refractivity contribution in [3.63, 3.8) is 0 Å². The van der Waals surface area contributed by atoms with Crippen LogP contribution in [0.5, 0.6) is 0 Å². The van der Waals surface area contributed by atoms with Crippen LogP contribution in [0.1, 0.15) is 64.9 Å². The molecule has 0 aliphatic carbocycles. The molecular weight excluding hydrogens is 192 g/mol. The predicted molar refractivity (Wildman–Crippen MR) is 72.8 cm³/mol. The molecule has 0 aliphatic heterocycles. The molecule has 0 N–H and O–H groups in total. The van der Waals surface area contributed by atoms with Gasteiger partial charge in [0.2, 0.25) is 0 Å². The Morgan fingerprint density at radius 3 is 2.12 bits per heavy atom. The van der Waals surface area contributed by atoms with Gasteiger partial charge < -0.3 is 0 Å². The van der Waals surface area contributed by atoms with E-state index < -0.39 is 0 Å². The Bertz CT molecular complexity index is 279. The Morgan fingerprint density at radius 1 is 1.00 bits per heavy atom. The second-order valence-electron chi connectivity index (χ2n) is 5.83. The third kappa shape index (κ3) is 4.00. The Morgan fingerprint density at radius 2 is 1.62 bits per heavy atom. The Hall–Kier alpha value is -0.780. The number of benzene rings is 1. The first-order chi connectivity index (χ1) is 7.55. The summed E-state index contributed by atoms with van der Waals surface area (Å²) in [5.74, 6) is 0.695. The van der Waals surface area contributed by atoms with Crippen LogP contribution in [0.15, 0.2) is 30.3 Å². The molecule has 0 saturated carbocycles. The number of hydrogen-bond donors (Lipinski definition) is 0. The molecule has 1 unspecified atom stereocenters. The van der Waals surface area contributed by atoms with Crippen LogP contribution in [0.4, 0.5) is 0 Å². The van der Waals surface area contributed by atoms with Crippen molar-refractivity contribution in [1.82, 2.24) is 0 Å². The first kappa shape index (κ1) is 13.3. The average Bonchev–Trinajstić information content (AvgIpc) is 2.24. The van der Waals surface area contributed by atoms with Crippen LogP contribution in [-0.2, 0) is 0 Å². The summed E-state index contributed by atoms with van der Waals surface area (Å²) in [6, 6.07) is 11.0. The summed E-state index contributed by atoms with van der Waals surface area (Å²) >= 11 is 0. The number of unbranched alkanes of at least 4 members (excludes halogenated alkanes) is 2. The SMILES string of the molecule is CCCCCC(c1ccccc1)C(C)(C)C. The molecule has 0 bridgehead atoms. The minimum atomic E-state index is 0.370. The van der Waals surface area contributed by atoms with E-state index in [0.717, 1.165) is 0 Å². The average molecular weight is 218 g/mol. The lowest BCUT2D eigenvalue weighted by atomic mass is 9.74. The Kier molecular flexibility index (Phi) is 5.05. The van der Waals surface area contributed by atoms with Crippen LogP contribution in [0, 0.1) is 5.41 Å². The maximum atomic E-state index is 2.36. The van der Waals surface area contributed by atoms with Crippen molar-refractivity contribution in [1.29, 1.82) is 0 Å². The van der Waals surface area contributed by atoms with Crippen LogP contribution in [0.25, 0.3) is 0 Å². The molecule has 0 aromatic heterocycles.